The summed E-state index contributed by atoms with van der Waals surface area (Å²) in [5, 5.41) is 12.6. The van der Waals surface area contributed by atoms with E-state index in [1.54, 1.807) is 18.2 Å². The summed E-state index contributed by atoms with van der Waals surface area (Å²) in [7, 11) is 0. The fraction of sp³-hybridized carbons (Fsp3) is 0.533. The molecule has 106 valence electrons. The average Bonchev–Trinajstić information content (AvgIpc) is 2.36. The predicted molar refractivity (Wildman–Crippen MR) is 77.2 cm³/mol. The molecule has 0 aliphatic heterocycles. The highest BCUT2D eigenvalue weighted by Gasteiger charge is 2.19. The van der Waals surface area contributed by atoms with E-state index in [2.05, 4.69) is 19.2 Å². The molecule has 0 bridgehead atoms. The molecule has 0 saturated carbocycles. The van der Waals surface area contributed by atoms with Gasteiger partial charge in [0.05, 0.1) is 5.56 Å². The van der Waals surface area contributed by atoms with Crippen LogP contribution in [0.5, 0.6) is 5.75 Å². The third-order valence-corrected chi connectivity index (χ3v) is 3.18. The average molecular weight is 264 g/mol. The lowest BCUT2D eigenvalue weighted by Gasteiger charge is -2.24. The molecule has 0 radical (unpaired) electrons. The van der Waals surface area contributed by atoms with Crippen molar-refractivity contribution < 1.29 is 9.90 Å². The Morgan fingerprint density at radius 2 is 2.11 bits per heavy atom. The van der Waals surface area contributed by atoms with Crippen LogP contribution in [-0.2, 0) is 0 Å². The third-order valence-electron chi connectivity index (χ3n) is 3.18. The molecule has 1 aromatic carbocycles. The van der Waals surface area contributed by atoms with Gasteiger partial charge in [0.2, 0.25) is 0 Å². The zero-order valence-corrected chi connectivity index (χ0v) is 12.0. The zero-order valence-electron chi connectivity index (χ0n) is 12.0. The normalized spacial score (nSPS) is 11.4. The van der Waals surface area contributed by atoms with E-state index < -0.39 is 0 Å². The van der Waals surface area contributed by atoms with Gasteiger partial charge >= 0.3 is 0 Å². The van der Waals surface area contributed by atoms with Crippen LogP contribution in [-0.4, -0.2) is 24.1 Å². The van der Waals surface area contributed by atoms with Gasteiger partial charge in [0.15, 0.2) is 0 Å². The Morgan fingerprint density at radius 1 is 1.42 bits per heavy atom. The molecule has 4 heteroatoms. The SMILES string of the molecule is Cc1ccc(O)c(C(=O)NCC(C)(C)CCCN)c1. The van der Waals surface area contributed by atoms with Gasteiger partial charge < -0.3 is 16.2 Å². The first-order valence-electron chi connectivity index (χ1n) is 6.63. The Balaban J connectivity index is 2.62. The highest BCUT2D eigenvalue weighted by Crippen LogP contribution is 2.22. The number of nitrogens with one attached hydrogen (secondary N) is 1. The second kappa shape index (κ2) is 6.57. The number of hydrogen-bond donors (Lipinski definition) is 3. The summed E-state index contributed by atoms with van der Waals surface area (Å²) in [5.74, 6) is -0.218. The number of rotatable bonds is 6. The summed E-state index contributed by atoms with van der Waals surface area (Å²) in [6.07, 6.45) is 1.90. The first-order chi connectivity index (χ1) is 8.85. The number of phenols is 1. The number of phenolic OH excluding ortho intramolecular Hbond substituents is 1. The summed E-state index contributed by atoms with van der Waals surface area (Å²) in [6, 6.07) is 5.01. The van der Waals surface area contributed by atoms with Crippen LogP contribution in [0.15, 0.2) is 18.2 Å². The molecule has 0 unspecified atom stereocenters. The van der Waals surface area contributed by atoms with E-state index in [1.807, 2.05) is 6.92 Å². The highest BCUT2D eigenvalue weighted by molar-refractivity contribution is 5.97. The van der Waals surface area contributed by atoms with Crippen molar-refractivity contribution in [1.29, 1.82) is 0 Å². The lowest BCUT2D eigenvalue weighted by molar-refractivity contribution is 0.0931. The molecule has 0 aliphatic rings. The number of nitrogens with two attached hydrogens (primary N) is 1. The van der Waals surface area contributed by atoms with Crippen LogP contribution >= 0.6 is 0 Å². The predicted octanol–water partition coefficient (Wildman–Crippen LogP) is 2.20. The molecule has 0 aromatic heterocycles. The van der Waals surface area contributed by atoms with E-state index in [9.17, 15) is 9.90 Å². The molecule has 0 aliphatic carbocycles. The van der Waals surface area contributed by atoms with Crippen molar-refractivity contribution in [2.45, 2.75) is 33.6 Å². The second-order valence-electron chi connectivity index (χ2n) is 5.76. The van der Waals surface area contributed by atoms with Gasteiger partial charge in [-0.2, -0.15) is 0 Å². The standard InChI is InChI=1S/C15H24N2O2/c1-11-5-6-13(18)12(9-11)14(19)17-10-15(2,3)7-4-8-16/h5-6,9,18H,4,7-8,10,16H2,1-3H3,(H,17,19). The van der Waals surface area contributed by atoms with Crippen molar-refractivity contribution in [3.05, 3.63) is 29.3 Å². The summed E-state index contributed by atoms with van der Waals surface area (Å²) in [4.78, 5) is 12.0. The smallest absolute Gasteiger partial charge is 0.255 e. The fourth-order valence-corrected chi connectivity index (χ4v) is 1.92. The molecular formula is C15H24N2O2. The number of hydrogen-bond acceptors (Lipinski definition) is 3. The molecule has 1 rings (SSSR count). The Hall–Kier alpha value is -1.55. The van der Waals surface area contributed by atoms with E-state index in [-0.39, 0.29) is 17.1 Å². The Kier molecular flexibility index (Phi) is 5.36. The number of benzene rings is 1. The molecule has 0 fully saturated rings. The second-order valence-corrected chi connectivity index (χ2v) is 5.76. The van der Waals surface area contributed by atoms with Crippen LogP contribution < -0.4 is 11.1 Å². The van der Waals surface area contributed by atoms with Gasteiger partial charge in [0.25, 0.3) is 5.91 Å². The van der Waals surface area contributed by atoms with Crippen LogP contribution in [0.2, 0.25) is 0 Å². The monoisotopic (exact) mass is 264 g/mol. The van der Waals surface area contributed by atoms with E-state index in [1.165, 1.54) is 0 Å². The third kappa shape index (κ3) is 4.91. The van der Waals surface area contributed by atoms with Crippen LogP contribution in [0.3, 0.4) is 0 Å². The Morgan fingerprint density at radius 3 is 2.74 bits per heavy atom. The maximum atomic E-state index is 12.0. The van der Waals surface area contributed by atoms with Gasteiger partial charge in [-0.1, -0.05) is 25.5 Å². The van der Waals surface area contributed by atoms with Gasteiger partial charge in [0.1, 0.15) is 5.75 Å². The molecule has 4 nitrogen and oxygen atoms in total. The van der Waals surface area contributed by atoms with Crippen molar-refractivity contribution in [2.24, 2.45) is 11.1 Å². The Bertz CT molecular complexity index is 442. The first-order valence-corrected chi connectivity index (χ1v) is 6.63. The minimum atomic E-state index is -0.234. The largest absolute Gasteiger partial charge is 0.507 e. The Labute approximate surface area is 115 Å². The van der Waals surface area contributed by atoms with Crippen molar-refractivity contribution >= 4 is 5.91 Å². The summed E-state index contributed by atoms with van der Waals surface area (Å²) in [5.41, 5.74) is 6.78. The highest BCUT2D eigenvalue weighted by atomic mass is 16.3. The molecule has 0 saturated heterocycles. The fourth-order valence-electron chi connectivity index (χ4n) is 1.92. The van der Waals surface area contributed by atoms with Gasteiger partial charge in [0, 0.05) is 6.54 Å². The number of carbonyl (C=O) groups excluding carboxylic acids is 1. The zero-order chi connectivity index (χ0) is 14.5. The van der Waals surface area contributed by atoms with Crippen molar-refractivity contribution in [3.63, 3.8) is 0 Å². The van der Waals surface area contributed by atoms with Crippen molar-refractivity contribution in [2.75, 3.05) is 13.1 Å². The maximum absolute atomic E-state index is 12.0. The van der Waals surface area contributed by atoms with Crippen LogP contribution in [0.25, 0.3) is 0 Å². The van der Waals surface area contributed by atoms with Gasteiger partial charge in [-0.15, -0.1) is 0 Å². The van der Waals surface area contributed by atoms with E-state index >= 15 is 0 Å². The molecule has 19 heavy (non-hydrogen) atoms. The summed E-state index contributed by atoms with van der Waals surface area (Å²) in [6.45, 7) is 7.31. The maximum Gasteiger partial charge on any atom is 0.255 e. The lowest BCUT2D eigenvalue weighted by Crippen LogP contribution is -2.34. The molecular weight excluding hydrogens is 240 g/mol. The van der Waals surface area contributed by atoms with Gasteiger partial charge in [-0.05, 0) is 43.9 Å². The van der Waals surface area contributed by atoms with Crippen LogP contribution in [0.1, 0.15) is 42.6 Å². The summed E-state index contributed by atoms with van der Waals surface area (Å²) < 4.78 is 0. The van der Waals surface area contributed by atoms with Crippen molar-refractivity contribution in [1.82, 2.24) is 5.32 Å². The summed E-state index contributed by atoms with van der Waals surface area (Å²) >= 11 is 0. The molecule has 4 N–H and O–H groups in total. The lowest BCUT2D eigenvalue weighted by atomic mass is 9.87. The van der Waals surface area contributed by atoms with Gasteiger partial charge in [-0.25, -0.2) is 0 Å². The van der Waals surface area contributed by atoms with E-state index in [0.29, 0.717) is 18.7 Å². The minimum Gasteiger partial charge on any atom is -0.507 e. The molecule has 0 heterocycles. The van der Waals surface area contributed by atoms with E-state index in [4.69, 9.17) is 5.73 Å². The minimum absolute atomic E-state index is 0.00841. The van der Waals surface area contributed by atoms with E-state index in [0.717, 1.165) is 18.4 Å². The number of carbonyl (C=O) groups is 1. The quantitative estimate of drug-likeness (QED) is 0.737. The molecule has 1 amide bonds. The number of aromatic hydroxyl groups is 1. The number of aryl methyl sites for hydroxylation is 1. The van der Waals surface area contributed by atoms with Crippen LogP contribution in [0, 0.1) is 12.3 Å². The molecule has 0 spiro atoms. The van der Waals surface area contributed by atoms with Crippen molar-refractivity contribution in [3.8, 4) is 5.75 Å². The topological polar surface area (TPSA) is 75.3 Å². The van der Waals surface area contributed by atoms with Crippen LogP contribution in [0.4, 0.5) is 0 Å². The van der Waals surface area contributed by atoms with Gasteiger partial charge in [-0.3, -0.25) is 4.79 Å². The molecule has 0 atom stereocenters. The number of amides is 1. The molecule has 1 aromatic rings. The first kappa shape index (κ1) is 15.5.